The van der Waals surface area contributed by atoms with Crippen molar-refractivity contribution < 1.29 is 4.74 Å². The van der Waals surface area contributed by atoms with E-state index in [1.54, 1.807) is 0 Å². The molecule has 0 radical (unpaired) electrons. The quantitative estimate of drug-likeness (QED) is 0.675. The summed E-state index contributed by atoms with van der Waals surface area (Å²) < 4.78 is 5.92. The van der Waals surface area contributed by atoms with Crippen molar-refractivity contribution in [1.82, 2.24) is 4.90 Å². The van der Waals surface area contributed by atoms with Crippen LogP contribution in [0.3, 0.4) is 0 Å². The van der Waals surface area contributed by atoms with Crippen molar-refractivity contribution >= 4 is 11.4 Å². The number of rotatable bonds is 7. The Hall–Kier alpha value is -2.33. The third-order valence-electron chi connectivity index (χ3n) is 5.43. The second-order valence-corrected chi connectivity index (χ2v) is 7.56. The number of nitrogens with zero attached hydrogens (tertiary/aromatic N) is 3. The first-order valence-electron chi connectivity index (χ1n) is 10.2. The molecular weight excluding hydrogens is 334 g/mol. The summed E-state index contributed by atoms with van der Waals surface area (Å²) in [6.07, 6.45) is 4.77. The Balaban J connectivity index is 1.32. The van der Waals surface area contributed by atoms with Crippen LogP contribution in [-0.4, -0.2) is 42.9 Å². The average Bonchev–Trinajstić information content (AvgIpc) is 3.36. The van der Waals surface area contributed by atoms with E-state index in [2.05, 4.69) is 65.4 Å². The van der Waals surface area contributed by atoms with Crippen molar-refractivity contribution in [2.45, 2.75) is 38.6 Å². The second-order valence-electron chi connectivity index (χ2n) is 7.56. The lowest BCUT2D eigenvalue weighted by atomic mass is 10.1. The topological polar surface area (TPSA) is 28.1 Å². The Morgan fingerprint density at radius 3 is 2.48 bits per heavy atom. The number of benzene rings is 2. The number of hydrazone groups is 1. The van der Waals surface area contributed by atoms with Gasteiger partial charge in [0.2, 0.25) is 0 Å². The molecule has 2 aliphatic rings. The maximum atomic E-state index is 5.92. The number of anilines is 1. The molecule has 0 spiro atoms. The number of likely N-dealkylation sites (tertiary alicyclic amines) is 1. The molecule has 4 nitrogen and oxygen atoms in total. The highest BCUT2D eigenvalue weighted by Crippen LogP contribution is 2.28. The van der Waals surface area contributed by atoms with E-state index in [0.717, 1.165) is 43.1 Å². The van der Waals surface area contributed by atoms with E-state index < -0.39 is 0 Å². The van der Waals surface area contributed by atoms with Crippen LogP contribution in [0.4, 0.5) is 5.69 Å². The zero-order valence-corrected chi connectivity index (χ0v) is 16.2. The van der Waals surface area contributed by atoms with Gasteiger partial charge in [-0.1, -0.05) is 30.3 Å². The fourth-order valence-corrected chi connectivity index (χ4v) is 3.93. The van der Waals surface area contributed by atoms with Gasteiger partial charge in [0.25, 0.3) is 0 Å². The Labute approximate surface area is 162 Å². The van der Waals surface area contributed by atoms with E-state index in [-0.39, 0.29) is 0 Å². The van der Waals surface area contributed by atoms with Crippen LogP contribution in [0.2, 0.25) is 0 Å². The average molecular weight is 364 g/mol. The molecule has 0 aromatic heterocycles. The molecular formula is C23H29N3O. The van der Waals surface area contributed by atoms with Gasteiger partial charge in [-0.15, -0.1) is 0 Å². The maximum Gasteiger partial charge on any atom is 0.119 e. The Morgan fingerprint density at radius 1 is 1.00 bits per heavy atom. The first-order valence-corrected chi connectivity index (χ1v) is 10.2. The van der Waals surface area contributed by atoms with Gasteiger partial charge in [0.05, 0.1) is 24.0 Å². The lowest BCUT2D eigenvalue weighted by molar-refractivity contribution is 0.263. The molecule has 1 saturated heterocycles. The highest BCUT2D eigenvalue weighted by atomic mass is 16.5. The van der Waals surface area contributed by atoms with Crippen molar-refractivity contribution in [3.63, 3.8) is 0 Å². The smallest absolute Gasteiger partial charge is 0.119 e. The third-order valence-corrected chi connectivity index (χ3v) is 5.43. The molecule has 0 N–H and O–H groups in total. The van der Waals surface area contributed by atoms with Crippen molar-refractivity contribution in [3.05, 3.63) is 60.2 Å². The normalized spacial score (nSPS) is 20.1. The first kappa shape index (κ1) is 18.1. The number of hydrogen-bond donors (Lipinski definition) is 0. The van der Waals surface area contributed by atoms with Gasteiger partial charge in [0.1, 0.15) is 5.75 Å². The third kappa shape index (κ3) is 4.51. The summed E-state index contributed by atoms with van der Waals surface area (Å²) in [5.74, 6) is 0.944. The van der Waals surface area contributed by atoms with Gasteiger partial charge >= 0.3 is 0 Å². The van der Waals surface area contributed by atoms with Crippen LogP contribution in [0.15, 0.2) is 59.7 Å². The summed E-state index contributed by atoms with van der Waals surface area (Å²) in [7, 11) is 0. The molecule has 4 rings (SSSR count). The molecule has 0 bridgehead atoms. The summed E-state index contributed by atoms with van der Waals surface area (Å²) in [5, 5.41) is 6.99. The number of hydrogen-bond acceptors (Lipinski definition) is 4. The van der Waals surface area contributed by atoms with E-state index in [4.69, 9.17) is 9.84 Å². The molecule has 0 aliphatic carbocycles. The molecule has 1 fully saturated rings. The minimum absolute atomic E-state index is 0.368. The number of ether oxygens (including phenoxy) is 1. The van der Waals surface area contributed by atoms with Gasteiger partial charge in [-0.2, -0.15) is 5.10 Å². The zero-order chi connectivity index (χ0) is 18.5. The predicted octanol–water partition coefficient (Wildman–Crippen LogP) is 4.55. The van der Waals surface area contributed by atoms with E-state index in [0.29, 0.717) is 6.04 Å². The summed E-state index contributed by atoms with van der Waals surface area (Å²) in [5.41, 5.74) is 3.49. The van der Waals surface area contributed by atoms with Crippen LogP contribution in [0.25, 0.3) is 0 Å². The van der Waals surface area contributed by atoms with Crippen molar-refractivity contribution in [3.8, 4) is 5.75 Å². The van der Waals surface area contributed by atoms with Gasteiger partial charge in [-0.25, -0.2) is 0 Å². The SMILES string of the molecule is CC1CC(c2ccccc2)=NN1c1ccc(OCCCN2CCCC2)cc1. The van der Waals surface area contributed by atoms with Crippen LogP contribution in [0.5, 0.6) is 5.75 Å². The maximum absolute atomic E-state index is 5.92. The van der Waals surface area contributed by atoms with Crippen LogP contribution >= 0.6 is 0 Å². The summed E-state index contributed by atoms with van der Waals surface area (Å²) in [4.78, 5) is 2.53. The molecule has 27 heavy (non-hydrogen) atoms. The Bertz CT molecular complexity index is 751. The molecule has 0 amide bonds. The lowest BCUT2D eigenvalue weighted by Gasteiger charge is -2.20. The predicted molar refractivity (Wildman–Crippen MR) is 112 cm³/mol. The van der Waals surface area contributed by atoms with Crippen LogP contribution in [0, 0.1) is 0 Å². The summed E-state index contributed by atoms with van der Waals surface area (Å²) in [6.45, 7) is 6.68. The summed E-state index contributed by atoms with van der Waals surface area (Å²) >= 11 is 0. The van der Waals surface area contributed by atoms with Gasteiger partial charge < -0.3 is 9.64 Å². The van der Waals surface area contributed by atoms with Gasteiger partial charge in [0.15, 0.2) is 0 Å². The van der Waals surface area contributed by atoms with Crippen molar-refractivity contribution in [2.24, 2.45) is 5.10 Å². The fraction of sp³-hybridized carbons (Fsp3) is 0.435. The van der Waals surface area contributed by atoms with E-state index in [1.807, 2.05) is 6.07 Å². The van der Waals surface area contributed by atoms with Gasteiger partial charge in [-0.05, 0) is 69.1 Å². The Kier molecular flexibility index (Phi) is 5.73. The van der Waals surface area contributed by atoms with Crippen LogP contribution < -0.4 is 9.75 Å². The molecule has 2 aromatic rings. The Morgan fingerprint density at radius 2 is 1.74 bits per heavy atom. The van der Waals surface area contributed by atoms with E-state index >= 15 is 0 Å². The molecule has 2 aliphatic heterocycles. The molecule has 0 saturated carbocycles. The fourth-order valence-electron chi connectivity index (χ4n) is 3.93. The standard InChI is InChI=1S/C23H29N3O/c1-19-18-23(20-8-3-2-4-9-20)24-26(19)21-10-12-22(13-11-21)27-17-7-16-25-14-5-6-15-25/h2-4,8-13,19H,5-7,14-18H2,1H3. The molecule has 142 valence electrons. The molecule has 2 aromatic carbocycles. The largest absolute Gasteiger partial charge is 0.494 e. The van der Waals surface area contributed by atoms with Crippen LogP contribution in [0.1, 0.15) is 38.2 Å². The van der Waals surface area contributed by atoms with Gasteiger partial charge in [-0.3, -0.25) is 5.01 Å². The second kappa shape index (κ2) is 8.57. The summed E-state index contributed by atoms with van der Waals surface area (Å²) in [6, 6.07) is 19.2. The molecule has 2 heterocycles. The first-order chi connectivity index (χ1) is 13.3. The zero-order valence-electron chi connectivity index (χ0n) is 16.2. The van der Waals surface area contributed by atoms with Crippen molar-refractivity contribution in [1.29, 1.82) is 0 Å². The highest BCUT2D eigenvalue weighted by Gasteiger charge is 2.24. The van der Waals surface area contributed by atoms with Crippen LogP contribution in [-0.2, 0) is 0 Å². The molecule has 1 unspecified atom stereocenters. The highest BCUT2D eigenvalue weighted by molar-refractivity contribution is 6.03. The minimum Gasteiger partial charge on any atom is -0.494 e. The van der Waals surface area contributed by atoms with Gasteiger partial charge in [0, 0.05) is 13.0 Å². The molecule has 1 atom stereocenters. The van der Waals surface area contributed by atoms with Crippen molar-refractivity contribution in [2.75, 3.05) is 31.3 Å². The minimum atomic E-state index is 0.368. The monoisotopic (exact) mass is 363 g/mol. The lowest BCUT2D eigenvalue weighted by Crippen LogP contribution is -2.22. The van der Waals surface area contributed by atoms with E-state index in [1.165, 1.54) is 31.5 Å². The van der Waals surface area contributed by atoms with E-state index in [9.17, 15) is 0 Å². The molecule has 4 heteroatoms.